The highest BCUT2D eigenvalue weighted by Gasteiger charge is 2.10. The Kier molecular flexibility index (Phi) is 14.9. The Morgan fingerprint density at radius 2 is 1.31 bits per heavy atom. The van der Waals surface area contributed by atoms with Gasteiger partial charge in [-0.15, -0.1) is 5.67 Å². The molecule has 0 aliphatic rings. The summed E-state index contributed by atoms with van der Waals surface area (Å²) in [6.07, 6.45) is 16.2. The molecule has 4 nitrogen and oxygen atoms in total. The molecule has 36 heavy (non-hydrogen) atoms. The molecule has 0 bridgehead atoms. The molecule has 0 atom stereocenters. The Hall–Kier alpha value is -1.80. The van der Waals surface area contributed by atoms with E-state index in [9.17, 15) is 0 Å². The van der Waals surface area contributed by atoms with Crippen LogP contribution >= 0.6 is 0 Å². The van der Waals surface area contributed by atoms with Crippen molar-refractivity contribution >= 4 is 22.2 Å². The minimum Gasteiger partial charge on any atom is -0.494 e. The van der Waals surface area contributed by atoms with Crippen molar-refractivity contribution < 1.29 is 9.47 Å². The van der Waals surface area contributed by atoms with Crippen LogP contribution in [0.15, 0.2) is 36.7 Å². The SMILES string of the molecule is CCCCCCCOc1ccc(-c2ncc(OCCCCCCC/[Si](C)=C/C[Si](C)(C)C)cn2)cc1. The van der Waals surface area contributed by atoms with Crippen LogP contribution in [0.25, 0.3) is 11.4 Å². The lowest BCUT2D eigenvalue weighted by Crippen LogP contribution is -2.21. The Labute approximate surface area is 223 Å². The van der Waals surface area contributed by atoms with Gasteiger partial charge < -0.3 is 9.47 Å². The lowest BCUT2D eigenvalue weighted by atomic mass is 10.2. The number of hydrogen-bond acceptors (Lipinski definition) is 4. The van der Waals surface area contributed by atoms with Gasteiger partial charge in [-0.3, -0.25) is 0 Å². The first kappa shape index (κ1) is 30.4. The van der Waals surface area contributed by atoms with Gasteiger partial charge in [-0.1, -0.05) is 84.5 Å². The molecule has 2 aromatic rings. The van der Waals surface area contributed by atoms with Crippen LogP contribution in [-0.2, 0) is 0 Å². The lowest BCUT2D eigenvalue weighted by Gasteiger charge is -2.13. The maximum absolute atomic E-state index is 5.86. The summed E-state index contributed by atoms with van der Waals surface area (Å²) in [5, 5.41) is 0. The van der Waals surface area contributed by atoms with Crippen LogP contribution in [0.3, 0.4) is 0 Å². The molecule has 0 N–H and O–H groups in total. The molecular formula is C30H50N2O2Si2. The number of nitrogens with zero attached hydrogens (tertiary/aromatic N) is 2. The van der Waals surface area contributed by atoms with Gasteiger partial charge in [0.15, 0.2) is 11.6 Å². The summed E-state index contributed by atoms with van der Waals surface area (Å²) in [5.41, 5.74) is 3.66. The Balaban J connectivity index is 1.58. The summed E-state index contributed by atoms with van der Waals surface area (Å²) in [7, 11) is -1.13. The first-order valence-electron chi connectivity index (χ1n) is 14.2. The van der Waals surface area contributed by atoms with Crippen molar-refractivity contribution in [1.29, 1.82) is 0 Å². The third kappa shape index (κ3) is 14.1. The van der Waals surface area contributed by atoms with Crippen LogP contribution in [0.4, 0.5) is 0 Å². The van der Waals surface area contributed by atoms with E-state index < -0.39 is 8.07 Å². The van der Waals surface area contributed by atoms with Gasteiger partial charge in [0.05, 0.1) is 25.6 Å². The van der Waals surface area contributed by atoms with Crippen LogP contribution in [-0.4, -0.2) is 45.3 Å². The number of unbranched alkanes of at least 4 members (excludes halogenated alkanes) is 8. The Bertz CT molecular complexity index is 862. The summed E-state index contributed by atoms with van der Waals surface area (Å²) >= 11 is 0. The van der Waals surface area contributed by atoms with Crippen molar-refractivity contribution in [1.82, 2.24) is 9.97 Å². The fraction of sp³-hybridized carbons (Fsp3) is 0.633. The van der Waals surface area contributed by atoms with Crippen molar-refractivity contribution in [3.63, 3.8) is 0 Å². The van der Waals surface area contributed by atoms with Crippen molar-refractivity contribution in [3.05, 3.63) is 36.7 Å². The monoisotopic (exact) mass is 526 g/mol. The number of benzene rings is 1. The predicted octanol–water partition coefficient (Wildman–Crippen LogP) is 8.67. The molecule has 200 valence electrons. The van der Waals surface area contributed by atoms with Crippen LogP contribution in [0, 0.1) is 0 Å². The first-order valence-corrected chi connectivity index (χ1v) is 20.2. The molecule has 6 heteroatoms. The van der Waals surface area contributed by atoms with E-state index in [1.165, 1.54) is 63.5 Å². The van der Waals surface area contributed by atoms with Crippen LogP contribution < -0.4 is 9.47 Å². The van der Waals surface area contributed by atoms with Gasteiger partial charge in [0, 0.05) is 22.0 Å². The maximum atomic E-state index is 5.86. The molecule has 1 aromatic heterocycles. The van der Waals surface area contributed by atoms with E-state index >= 15 is 0 Å². The second kappa shape index (κ2) is 17.6. The molecule has 0 aliphatic carbocycles. The zero-order valence-corrected chi connectivity index (χ0v) is 25.7. The fourth-order valence-electron chi connectivity index (χ4n) is 3.94. The summed E-state index contributed by atoms with van der Waals surface area (Å²) in [6.45, 7) is 13.6. The highest BCUT2D eigenvalue weighted by molar-refractivity contribution is 6.82. The maximum Gasteiger partial charge on any atom is 0.159 e. The number of aromatic nitrogens is 2. The molecule has 0 saturated carbocycles. The first-order chi connectivity index (χ1) is 17.4. The quantitative estimate of drug-likeness (QED) is 0.136. The van der Waals surface area contributed by atoms with Gasteiger partial charge in [0.2, 0.25) is 0 Å². The van der Waals surface area contributed by atoms with Gasteiger partial charge in [-0.25, -0.2) is 9.97 Å². The third-order valence-corrected chi connectivity index (χ3v) is 10.2. The lowest BCUT2D eigenvalue weighted by molar-refractivity contribution is 0.302. The van der Waals surface area contributed by atoms with Crippen molar-refractivity contribution in [2.45, 2.75) is 109 Å². The second-order valence-electron chi connectivity index (χ2n) is 11.2. The molecule has 1 heterocycles. The molecule has 0 aliphatic heterocycles. The molecule has 0 amide bonds. The smallest absolute Gasteiger partial charge is 0.159 e. The number of rotatable bonds is 19. The van der Waals surface area contributed by atoms with Gasteiger partial charge in [0.1, 0.15) is 5.75 Å². The number of ether oxygens (including phenoxy) is 2. The van der Waals surface area contributed by atoms with Gasteiger partial charge >= 0.3 is 0 Å². The van der Waals surface area contributed by atoms with Crippen LogP contribution in [0.1, 0.15) is 71.1 Å². The van der Waals surface area contributed by atoms with E-state index in [0.717, 1.165) is 43.1 Å². The summed E-state index contributed by atoms with van der Waals surface area (Å²) in [5.74, 6) is 2.37. The average Bonchev–Trinajstić information content (AvgIpc) is 2.87. The van der Waals surface area contributed by atoms with Crippen molar-refractivity contribution in [2.24, 2.45) is 0 Å². The zero-order valence-electron chi connectivity index (χ0n) is 23.7. The van der Waals surface area contributed by atoms with Crippen molar-refractivity contribution in [3.8, 4) is 22.9 Å². The van der Waals surface area contributed by atoms with Crippen molar-refractivity contribution in [2.75, 3.05) is 13.2 Å². The van der Waals surface area contributed by atoms with E-state index in [1.54, 1.807) is 12.4 Å². The zero-order chi connectivity index (χ0) is 26.1. The molecule has 0 fully saturated rings. The van der Waals surface area contributed by atoms with E-state index in [0.29, 0.717) is 5.82 Å². The van der Waals surface area contributed by atoms with E-state index in [2.05, 4.69) is 48.8 Å². The standard InChI is InChI=1S/C30H50N2O2Si2/c1-6-7-8-10-13-20-33-28-18-16-27(17-19-28)30-31-25-29(26-32-30)34-21-14-11-9-12-15-22-35(2)23-24-36(3,4)5/h16-19,23,25-26H,6-15,20-22,24H2,1-5H3/b35-23+. The predicted molar refractivity (Wildman–Crippen MR) is 161 cm³/mol. The number of hydrogen-bond donors (Lipinski definition) is 0. The molecule has 0 spiro atoms. The second-order valence-corrected chi connectivity index (χ2v) is 19.3. The van der Waals surface area contributed by atoms with Gasteiger partial charge in [-0.2, -0.15) is 0 Å². The van der Waals surface area contributed by atoms with E-state index in [4.69, 9.17) is 9.47 Å². The highest BCUT2D eigenvalue weighted by atomic mass is 28.3. The molecular weight excluding hydrogens is 477 g/mol. The summed E-state index contributed by atoms with van der Waals surface area (Å²) in [6, 6.07) is 10.9. The topological polar surface area (TPSA) is 44.2 Å². The fourth-order valence-corrected chi connectivity index (χ4v) is 8.80. The highest BCUT2D eigenvalue weighted by Crippen LogP contribution is 2.21. The Morgan fingerprint density at radius 3 is 1.92 bits per heavy atom. The normalized spacial score (nSPS) is 12.1. The molecule has 0 saturated heterocycles. The summed E-state index contributed by atoms with van der Waals surface area (Å²) in [4.78, 5) is 8.99. The minimum absolute atomic E-state index is 0.224. The molecule has 0 unspecified atom stereocenters. The Morgan fingerprint density at radius 1 is 0.750 bits per heavy atom. The minimum atomic E-state index is -0.906. The van der Waals surface area contributed by atoms with Crippen LogP contribution in [0.5, 0.6) is 11.5 Å². The molecule has 2 rings (SSSR count). The molecule has 1 aromatic carbocycles. The average molecular weight is 527 g/mol. The van der Waals surface area contributed by atoms with Crippen LogP contribution in [0.2, 0.25) is 38.3 Å². The third-order valence-electron chi connectivity index (χ3n) is 6.30. The van der Waals surface area contributed by atoms with Gasteiger partial charge in [-0.05, 0) is 49.2 Å². The largest absolute Gasteiger partial charge is 0.494 e. The molecule has 0 radical (unpaired) electrons. The van der Waals surface area contributed by atoms with E-state index in [-0.39, 0.29) is 8.41 Å². The van der Waals surface area contributed by atoms with E-state index in [1.807, 2.05) is 24.3 Å². The van der Waals surface area contributed by atoms with Gasteiger partial charge in [0.25, 0.3) is 0 Å². The summed E-state index contributed by atoms with van der Waals surface area (Å²) < 4.78 is 11.7.